The Labute approximate surface area is 138 Å². The van der Waals surface area contributed by atoms with Gasteiger partial charge in [0.1, 0.15) is 18.0 Å². The zero-order chi connectivity index (χ0) is 17.2. The molecule has 132 valence electrons. The lowest BCUT2D eigenvalue weighted by Gasteiger charge is -2.33. The molecule has 0 unspecified atom stereocenters. The predicted octanol–water partition coefficient (Wildman–Crippen LogP) is 3.25. The lowest BCUT2D eigenvalue weighted by atomic mass is 10.1. The van der Waals surface area contributed by atoms with Crippen LogP contribution in [0.4, 0.5) is 13.2 Å². The number of benzene rings is 1. The van der Waals surface area contributed by atoms with Gasteiger partial charge in [0.2, 0.25) is 0 Å². The summed E-state index contributed by atoms with van der Waals surface area (Å²) in [6.45, 7) is 1.72. The van der Waals surface area contributed by atoms with Crippen molar-refractivity contribution in [3.63, 3.8) is 0 Å². The summed E-state index contributed by atoms with van der Waals surface area (Å²) in [6, 6.07) is 4.91. The van der Waals surface area contributed by atoms with E-state index in [0.717, 1.165) is 25.0 Å². The smallest absolute Gasteiger partial charge is 0.416 e. The zero-order valence-electron chi connectivity index (χ0n) is 13.2. The summed E-state index contributed by atoms with van der Waals surface area (Å²) in [4.78, 5) is 14.0. The van der Waals surface area contributed by atoms with Gasteiger partial charge in [0.05, 0.1) is 5.56 Å². The molecule has 0 aromatic heterocycles. The van der Waals surface area contributed by atoms with Crippen molar-refractivity contribution in [3.8, 4) is 5.75 Å². The number of piperidine rings is 1. The summed E-state index contributed by atoms with van der Waals surface area (Å²) < 4.78 is 49.3. The highest BCUT2D eigenvalue weighted by molar-refractivity contribution is 5.81. The van der Waals surface area contributed by atoms with Gasteiger partial charge in [-0.2, -0.15) is 13.2 Å². The first kappa shape index (κ1) is 17.1. The van der Waals surface area contributed by atoms with Crippen LogP contribution in [0.15, 0.2) is 24.3 Å². The molecule has 0 bridgehead atoms. The molecule has 2 aliphatic rings. The number of likely N-dealkylation sites (tertiary alicyclic amines) is 1. The van der Waals surface area contributed by atoms with Gasteiger partial charge >= 0.3 is 6.18 Å². The van der Waals surface area contributed by atoms with E-state index >= 15 is 0 Å². The van der Waals surface area contributed by atoms with Crippen LogP contribution in [0.1, 0.15) is 31.2 Å². The van der Waals surface area contributed by atoms with Crippen LogP contribution in [-0.2, 0) is 15.7 Å². The van der Waals surface area contributed by atoms with E-state index in [4.69, 9.17) is 9.47 Å². The first-order chi connectivity index (χ1) is 11.4. The lowest BCUT2D eigenvalue weighted by molar-refractivity contribution is -0.143. The number of rotatable bonds is 3. The highest BCUT2D eigenvalue weighted by atomic mass is 19.4. The lowest BCUT2D eigenvalue weighted by Crippen LogP contribution is -2.45. The highest BCUT2D eigenvalue weighted by Crippen LogP contribution is 2.32. The molecule has 3 rings (SSSR count). The summed E-state index contributed by atoms with van der Waals surface area (Å²) in [6.07, 6.45) is -2.00. The Morgan fingerprint density at radius 3 is 2.58 bits per heavy atom. The van der Waals surface area contributed by atoms with Gasteiger partial charge in [0.15, 0.2) is 0 Å². The van der Waals surface area contributed by atoms with E-state index in [9.17, 15) is 18.0 Å². The fraction of sp³-hybridized carbons (Fsp3) is 0.588. The maximum Gasteiger partial charge on any atom is 0.416 e. The Morgan fingerprint density at radius 2 is 1.96 bits per heavy atom. The zero-order valence-corrected chi connectivity index (χ0v) is 13.2. The van der Waals surface area contributed by atoms with Crippen molar-refractivity contribution < 1.29 is 27.4 Å². The molecule has 2 aliphatic heterocycles. The van der Waals surface area contributed by atoms with Gasteiger partial charge < -0.3 is 14.4 Å². The van der Waals surface area contributed by atoms with E-state index in [0.29, 0.717) is 32.5 Å². The van der Waals surface area contributed by atoms with Crippen molar-refractivity contribution in [3.05, 3.63) is 29.8 Å². The highest BCUT2D eigenvalue weighted by Gasteiger charge is 2.32. The molecule has 1 aromatic rings. The molecule has 0 N–H and O–H groups in total. The van der Waals surface area contributed by atoms with Gasteiger partial charge in [0, 0.05) is 32.5 Å². The van der Waals surface area contributed by atoms with Gasteiger partial charge in [-0.3, -0.25) is 4.79 Å². The molecular formula is C17H20F3NO3. The number of nitrogens with zero attached hydrogens (tertiary/aromatic N) is 1. The van der Waals surface area contributed by atoms with Crippen molar-refractivity contribution >= 4 is 5.91 Å². The summed E-state index contributed by atoms with van der Waals surface area (Å²) >= 11 is 0. The quantitative estimate of drug-likeness (QED) is 0.846. The van der Waals surface area contributed by atoms with Crippen molar-refractivity contribution in [1.29, 1.82) is 0 Å². The van der Waals surface area contributed by atoms with Crippen LogP contribution in [0.5, 0.6) is 5.75 Å². The fourth-order valence-electron chi connectivity index (χ4n) is 3.11. The number of halogens is 3. The van der Waals surface area contributed by atoms with Crippen molar-refractivity contribution in [2.24, 2.45) is 0 Å². The van der Waals surface area contributed by atoms with Crippen molar-refractivity contribution in [1.82, 2.24) is 4.90 Å². The largest absolute Gasteiger partial charge is 0.490 e. The Balaban J connectivity index is 1.53. The molecule has 2 fully saturated rings. The molecule has 2 heterocycles. The van der Waals surface area contributed by atoms with Gasteiger partial charge in [0.25, 0.3) is 5.91 Å². The van der Waals surface area contributed by atoms with Gasteiger partial charge in [-0.15, -0.1) is 0 Å². The first-order valence-electron chi connectivity index (χ1n) is 8.18. The number of amides is 1. The minimum atomic E-state index is -4.38. The van der Waals surface area contributed by atoms with Gasteiger partial charge in [-0.1, -0.05) is 6.07 Å². The Bertz CT molecular complexity index is 577. The van der Waals surface area contributed by atoms with Crippen LogP contribution in [0, 0.1) is 0 Å². The van der Waals surface area contributed by atoms with E-state index in [1.807, 2.05) is 0 Å². The first-order valence-corrected chi connectivity index (χ1v) is 8.18. The fourth-order valence-corrected chi connectivity index (χ4v) is 3.11. The van der Waals surface area contributed by atoms with Crippen LogP contribution in [-0.4, -0.2) is 42.7 Å². The van der Waals surface area contributed by atoms with Crippen LogP contribution in [0.25, 0.3) is 0 Å². The Hall–Kier alpha value is -1.76. The minimum absolute atomic E-state index is 0.0185. The normalized spacial score (nSPS) is 22.6. The third-order valence-corrected chi connectivity index (χ3v) is 4.42. The molecule has 1 amide bonds. The molecule has 1 atom stereocenters. The molecule has 0 aliphatic carbocycles. The number of alkyl halides is 3. The third kappa shape index (κ3) is 4.01. The van der Waals surface area contributed by atoms with Crippen LogP contribution >= 0.6 is 0 Å². The molecule has 1 aromatic carbocycles. The second kappa shape index (κ2) is 7.01. The van der Waals surface area contributed by atoms with E-state index in [1.165, 1.54) is 12.1 Å². The van der Waals surface area contributed by atoms with Crippen LogP contribution in [0.3, 0.4) is 0 Å². The number of carbonyl (C=O) groups excluding carboxylic acids is 1. The minimum Gasteiger partial charge on any atom is -0.490 e. The Kier molecular flexibility index (Phi) is 4.99. The average Bonchev–Trinajstić information content (AvgIpc) is 3.09. The van der Waals surface area contributed by atoms with Crippen LogP contribution in [0.2, 0.25) is 0 Å². The summed E-state index contributed by atoms with van der Waals surface area (Å²) in [5.74, 6) is 0.235. The number of hydrogen-bond donors (Lipinski definition) is 0. The predicted molar refractivity (Wildman–Crippen MR) is 80.6 cm³/mol. The topological polar surface area (TPSA) is 38.8 Å². The number of carbonyl (C=O) groups is 1. The van der Waals surface area contributed by atoms with Gasteiger partial charge in [-0.25, -0.2) is 0 Å². The van der Waals surface area contributed by atoms with E-state index < -0.39 is 11.7 Å². The molecule has 0 saturated carbocycles. The summed E-state index contributed by atoms with van der Waals surface area (Å²) in [7, 11) is 0. The van der Waals surface area contributed by atoms with Gasteiger partial charge in [-0.05, 0) is 31.0 Å². The molecule has 0 spiro atoms. The standard InChI is InChI=1S/C17H20F3NO3/c18-17(19,20)12-3-1-4-14(11-12)24-13-6-8-21(9-7-13)16(22)15-5-2-10-23-15/h1,3-4,11,13,15H,2,5-10H2/t15-/m1/s1. The summed E-state index contributed by atoms with van der Waals surface area (Å²) in [5.41, 5.74) is -0.717. The molecule has 0 radical (unpaired) electrons. The summed E-state index contributed by atoms with van der Waals surface area (Å²) in [5, 5.41) is 0. The monoisotopic (exact) mass is 343 g/mol. The Morgan fingerprint density at radius 1 is 1.21 bits per heavy atom. The number of ether oxygens (including phenoxy) is 2. The third-order valence-electron chi connectivity index (χ3n) is 4.42. The van der Waals surface area contributed by atoms with Crippen LogP contribution < -0.4 is 4.74 Å². The average molecular weight is 343 g/mol. The van der Waals surface area contributed by atoms with Crippen molar-refractivity contribution in [2.45, 2.75) is 44.1 Å². The molecule has 2 saturated heterocycles. The SMILES string of the molecule is O=C([C@H]1CCCO1)N1CCC(Oc2cccc(C(F)(F)F)c2)CC1. The molecular weight excluding hydrogens is 323 g/mol. The molecule has 24 heavy (non-hydrogen) atoms. The second-order valence-electron chi connectivity index (χ2n) is 6.17. The van der Waals surface area contributed by atoms with E-state index in [1.54, 1.807) is 4.90 Å². The molecule has 4 nitrogen and oxygen atoms in total. The maximum atomic E-state index is 12.7. The van der Waals surface area contributed by atoms with E-state index in [2.05, 4.69) is 0 Å². The molecule has 7 heteroatoms. The maximum absolute atomic E-state index is 12.7. The van der Waals surface area contributed by atoms with E-state index in [-0.39, 0.29) is 23.9 Å². The second-order valence-corrected chi connectivity index (χ2v) is 6.17. The number of hydrogen-bond acceptors (Lipinski definition) is 3. The van der Waals surface area contributed by atoms with Crippen molar-refractivity contribution in [2.75, 3.05) is 19.7 Å².